The summed E-state index contributed by atoms with van der Waals surface area (Å²) in [6.07, 6.45) is 6.47. The fourth-order valence-electron chi connectivity index (χ4n) is 1.82. The minimum Gasteiger partial charge on any atom is -0.494 e. The van der Waals surface area contributed by atoms with Crippen LogP contribution in [0.5, 0.6) is 5.75 Å². The predicted octanol–water partition coefficient (Wildman–Crippen LogP) is 3.27. The van der Waals surface area contributed by atoms with Crippen molar-refractivity contribution in [2.24, 2.45) is 0 Å². The standard InChI is InChI=1S/C12H13FO/c1-14-12-7-6-10(8-11(12)13)9-4-2-3-5-9/h2,4,6-9H,3,5H2,1H3. The van der Waals surface area contributed by atoms with Gasteiger partial charge in [-0.3, -0.25) is 0 Å². The van der Waals surface area contributed by atoms with Gasteiger partial charge in [0.2, 0.25) is 0 Å². The first-order valence-electron chi connectivity index (χ1n) is 4.81. The van der Waals surface area contributed by atoms with Crippen LogP contribution in [0.15, 0.2) is 30.4 Å². The van der Waals surface area contributed by atoms with Gasteiger partial charge in [-0.1, -0.05) is 18.2 Å². The third kappa shape index (κ3) is 1.65. The topological polar surface area (TPSA) is 9.23 Å². The number of allylic oxidation sites excluding steroid dienone is 2. The Bertz CT molecular complexity index is 357. The van der Waals surface area contributed by atoms with Crippen molar-refractivity contribution in [3.8, 4) is 5.75 Å². The normalized spacial score (nSPS) is 20.0. The lowest BCUT2D eigenvalue weighted by Gasteiger charge is -2.09. The van der Waals surface area contributed by atoms with E-state index >= 15 is 0 Å². The average Bonchev–Trinajstić information content (AvgIpc) is 2.70. The van der Waals surface area contributed by atoms with Gasteiger partial charge in [-0.2, -0.15) is 0 Å². The molecule has 1 aliphatic carbocycles. The smallest absolute Gasteiger partial charge is 0.165 e. The van der Waals surface area contributed by atoms with Gasteiger partial charge < -0.3 is 4.74 Å². The third-order valence-corrected chi connectivity index (χ3v) is 2.62. The van der Waals surface area contributed by atoms with Gasteiger partial charge in [-0.25, -0.2) is 4.39 Å². The molecule has 0 N–H and O–H groups in total. The van der Waals surface area contributed by atoms with Crippen molar-refractivity contribution in [1.82, 2.24) is 0 Å². The highest BCUT2D eigenvalue weighted by atomic mass is 19.1. The number of benzene rings is 1. The second-order valence-corrected chi connectivity index (χ2v) is 3.51. The minimum absolute atomic E-state index is 0.273. The molecule has 0 saturated carbocycles. The molecule has 0 bridgehead atoms. The summed E-state index contributed by atoms with van der Waals surface area (Å²) in [5, 5.41) is 0. The van der Waals surface area contributed by atoms with E-state index in [1.165, 1.54) is 7.11 Å². The summed E-state index contributed by atoms with van der Waals surface area (Å²) in [5.74, 6) is 0.427. The van der Waals surface area contributed by atoms with Crippen molar-refractivity contribution in [2.45, 2.75) is 18.8 Å². The number of halogens is 1. The fraction of sp³-hybridized carbons (Fsp3) is 0.333. The lowest BCUT2D eigenvalue weighted by atomic mass is 9.98. The molecule has 1 unspecified atom stereocenters. The Kier molecular flexibility index (Phi) is 2.53. The monoisotopic (exact) mass is 192 g/mol. The number of rotatable bonds is 2. The Morgan fingerprint density at radius 1 is 1.43 bits per heavy atom. The van der Waals surface area contributed by atoms with Crippen molar-refractivity contribution >= 4 is 0 Å². The van der Waals surface area contributed by atoms with E-state index in [1.807, 2.05) is 6.07 Å². The van der Waals surface area contributed by atoms with Crippen LogP contribution in [0, 0.1) is 5.82 Å². The van der Waals surface area contributed by atoms with Crippen LogP contribution >= 0.6 is 0 Å². The maximum Gasteiger partial charge on any atom is 0.165 e. The third-order valence-electron chi connectivity index (χ3n) is 2.62. The van der Waals surface area contributed by atoms with Gasteiger partial charge in [0.15, 0.2) is 11.6 Å². The molecule has 0 aromatic heterocycles. The van der Waals surface area contributed by atoms with Gasteiger partial charge in [0, 0.05) is 5.92 Å². The van der Waals surface area contributed by atoms with E-state index in [0.29, 0.717) is 11.7 Å². The Labute approximate surface area is 83.2 Å². The molecule has 0 saturated heterocycles. The van der Waals surface area contributed by atoms with Gasteiger partial charge in [0.05, 0.1) is 7.11 Å². The second-order valence-electron chi connectivity index (χ2n) is 3.51. The van der Waals surface area contributed by atoms with Crippen LogP contribution in [0.25, 0.3) is 0 Å². The summed E-state index contributed by atoms with van der Waals surface area (Å²) in [4.78, 5) is 0. The molecule has 0 heterocycles. The molecule has 0 radical (unpaired) electrons. The first-order valence-corrected chi connectivity index (χ1v) is 4.81. The molecule has 1 atom stereocenters. The molecule has 2 heteroatoms. The van der Waals surface area contributed by atoms with Crippen molar-refractivity contribution in [2.75, 3.05) is 7.11 Å². The van der Waals surface area contributed by atoms with Gasteiger partial charge in [0.25, 0.3) is 0 Å². The lowest BCUT2D eigenvalue weighted by molar-refractivity contribution is 0.386. The Hall–Kier alpha value is -1.31. The van der Waals surface area contributed by atoms with Crippen LogP contribution in [0.4, 0.5) is 4.39 Å². The molecular weight excluding hydrogens is 179 g/mol. The maximum atomic E-state index is 13.4. The molecule has 0 spiro atoms. The number of hydrogen-bond acceptors (Lipinski definition) is 1. The molecule has 74 valence electrons. The molecule has 1 aliphatic rings. The maximum absolute atomic E-state index is 13.4. The molecule has 2 rings (SSSR count). The van der Waals surface area contributed by atoms with E-state index in [1.54, 1.807) is 12.1 Å². The zero-order chi connectivity index (χ0) is 9.97. The molecule has 0 aliphatic heterocycles. The predicted molar refractivity (Wildman–Crippen MR) is 54.1 cm³/mol. The van der Waals surface area contributed by atoms with Crippen LogP contribution in [0.3, 0.4) is 0 Å². The molecular formula is C12H13FO. The highest BCUT2D eigenvalue weighted by molar-refractivity contribution is 5.33. The molecule has 1 aromatic carbocycles. The fourth-order valence-corrected chi connectivity index (χ4v) is 1.82. The molecule has 1 nitrogen and oxygen atoms in total. The van der Waals surface area contributed by atoms with Crippen molar-refractivity contribution in [1.29, 1.82) is 0 Å². The van der Waals surface area contributed by atoms with Gasteiger partial charge in [0.1, 0.15) is 0 Å². The summed E-state index contributed by atoms with van der Waals surface area (Å²) in [7, 11) is 1.48. The van der Waals surface area contributed by atoms with Crippen molar-refractivity contribution in [3.05, 3.63) is 41.7 Å². The lowest BCUT2D eigenvalue weighted by Crippen LogP contribution is -1.94. The van der Waals surface area contributed by atoms with E-state index in [4.69, 9.17) is 4.74 Å². The highest BCUT2D eigenvalue weighted by Gasteiger charge is 2.13. The second kappa shape index (κ2) is 3.82. The van der Waals surface area contributed by atoms with E-state index in [9.17, 15) is 4.39 Å². The number of hydrogen-bond donors (Lipinski definition) is 0. The van der Waals surface area contributed by atoms with Crippen molar-refractivity contribution < 1.29 is 9.13 Å². The number of methoxy groups -OCH3 is 1. The SMILES string of the molecule is COc1ccc(C2C=CCC2)cc1F. The number of ether oxygens (including phenoxy) is 1. The van der Waals surface area contributed by atoms with Gasteiger partial charge in [-0.05, 0) is 30.5 Å². The van der Waals surface area contributed by atoms with Crippen LogP contribution in [0.2, 0.25) is 0 Å². The Morgan fingerprint density at radius 2 is 2.29 bits per heavy atom. The average molecular weight is 192 g/mol. The van der Waals surface area contributed by atoms with Gasteiger partial charge >= 0.3 is 0 Å². The van der Waals surface area contributed by atoms with E-state index in [-0.39, 0.29) is 5.82 Å². The van der Waals surface area contributed by atoms with Crippen molar-refractivity contribution in [3.63, 3.8) is 0 Å². The van der Waals surface area contributed by atoms with Crippen LogP contribution < -0.4 is 4.74 Å². The molecule has 14 heavy (non-hydrogen) atoms. The van der Waals surface area contributed by atoms with Crippen LogP contribution in [-0.4, -0.2) is 7.11 Å². The summed E-state index contributed by atoms with van der Waals surface area (Å²) < 4.78 is 18.2. The summed E-state index contributed by atoms with van der Waals surface area (Å²) >= 11 is 0. The first kappa shape index (κ1) is 9.25. The summed E-state index contributed by atoms with van der Waals surface area (Å²) in [5.41, 5.74) is 1.04. The van der Waals surface area contributed by atoms with E-state index < -0.39 is 0 Å². The zero-order valence-corrected chi connectivity index (χ0v) is 8.16. The molecule has 0 amide bonds. The Morgan fingerprint density at radius 3 is 2.86 bits per heavy atom. The zero-order valence-electron chi connectivity index (χ0n) is 8.16. The minimum atomic E-state index is -0.273. The summed E-state index contributed by atoms with van der Waals surface area (Å²) in [6, 6.07) is 5.19. The summed E-state index contributed by atoms with van der Waals surface area (Å²) in [6.45, 7) is 0. The highest BCUT2D eigenvalue weighted by Crippen LogP contribution is 2.30. The molecule has 1 aromatic rings. The first-order chi connectivity index (χ1) is 6.81. The quantitative estimate of drug-likeness (QED) is 0.653. The Balaban J connectivity index is 2.27. The largest absolute Gasteiger partial charge is 0.494 e. The van der Waals surface area contributed by atoms with Crippen LogP contribution in [-0.2, 0) is 0 Å². The molecule has 0 fully saturated rings. The van der Waals surface area contributed by atoms with E-state index in [2.05, 4.69) is 12.2 Å². The van der Waals surface area contributed by atoms with E-state index in [0.717, 1.165) is 18.4 Å². The van der Waals surface area contributed by atoms with Gasteiger partial charge in [-0.15, -0.1) is 0 Å². The van der Waals surface area contributed by atoms with Crippen LogP contribution in [0.1, 0.15) is 24.3 Å².